The van der Waals surface area contributed by atoms with Gasteiger partial charge in [-0.05, 0) is 48.9 Å². The van der Waals surface area contributed by atoms with E-state index in [1.165, 1.54) is 11.1 Å². The fourth-order valence-electron chi connectivity index (χ4n) is 3.02. The van der Waals surface area contributed by atoms with Gasteiger partial charge in [0.1, 0.15) is 5.75 Å². The van der Waals surface area contributed by atoms with E-state index < -0.39 is 10.8 Å². The standard InChI is InChI=1S/C14H19NO2S/c16-12-2-3-13-10(9-12)1-4-14(13)15-11-5-7-18(17)8-6-11/h2-3,9,11,14-16H,1,4-8H2. The molecule has 1 fully saturated rings. The lowest BCUT2D eigenvalue weighted by Gasteiger charge is -2.26. The summed E-state index contributed by atoms with van der Waals surface area (Å²) >= 11 is 0. The van der Waals surface area contributed by atoms with Crippen molar-refractivity contribution in [2.24, 2.45) is 0 Å². The van der Waals surface area contributed by atoms with E-state index in [1.54, 1.807) is 6.07 Å². The lowest BCUT2D eigenvalue weighted by molar-refractivity contribution is 0.408. The van der Waals surface area contributed by atoms with Crippen LogP contribution in [0.2, 0.25) is 0 Å². The Labute approximate surface area is 110 Å². The van der Waals surface area contributed by atoms with Crippen LogP contribution in [0.5, 0.6) is 5.75 Å². The Kier molecular flexibility index (Phi) is 3.39. The average molecular weight is 265 g/mol. The van der Waals surface area contributed by atoms with E-state index in [0.29, 0.717) is 17.8 Å². The zero-order chi connectivity index (χ0) is 12.5. The summed E-state index contributed by atoms with van der Waals surface area (Å²) in [6.07, 6.45) is 4.20. The van der Waals surface area contributed by atoms with Crippen molar-refractivity contribution in [3.05, 3.63) is 29.3 Å². The monoisotopic (exact) mass is 265 g/mol. The zero-order valence-electron chi connectivity index (χ0n) is 10.4. The first-order valence-corrected chi connectivity index (χ1v) is 8.14. The van der Waals surface area contributed by atoms with Gasteiger partial charge in [0.2, 0.25) is 0 Å². The van der Waals surface area contributed by atoms with Gasteiger partial charge in [-0.2, -0.15) is 0 Å². The number of phenols is 1. The summed E-state index contributed by atoms with van der Waals surface area (Å²) in [7, 11) is -0.585. The molecule has 1 aromatic rings. The summed E-state index contributed by atoms with van der Waals surface area (Å²) in [5.41, 5.74) is 2.60. The van der Waals surface area contributed by atoms with Gasteiger partial charge in [-0.15, -0.1) is 0 Å². The number of phenolic OH excluding ortho intramolecular Hbond substituents is 1. The molecule has 98 valence electrons. The van der Waals surface area contributed by atoms with Crippen molar-refractivity contribution in [2.45, 2.75) is 37.8 Å². The summed E-state index contributed by atoms with van der Waals surface area (Å²) in [4.78, 5) is 0. The molecular weight excluding hydrogens is 246 g/mol. The molecule has 1 aliphatic carbocycles. The van der Waals surface area contributed by atoms with Gasteiger partial charge in [0.25, 0.3) is 0 Å². The highest BCUT2D eigenvalue weighted by molar-refractivity contribution is 7.85. The van der Waals surface area contributed by atoms with E-state index in [1.807, 2.05) is 12.1 Å². The summed E-state index contributed by atoms with van der Waals surface area (Å²) in [5.74, 6) is 2.04. The van der Waals surface area contributed by atoms with Crippen LogP contribution in [0.25, 0.3) is 0 Å². The molecular formula is C14H19NO2S. The van der Waals surface area contributed by atoms with Crippen LogP contribution in [-0.2, 0) is 17.2 Å². The molecule has 1 atom stereocenters. The predicted molar refractivity (Wildman–Crippen MR) is 73.2 cm³/mol. The molecule has 1 aliphatic heterocycles. The largest absolute Gasteiger partial charge is 0.508 e. The van der Waals surface area contributed by atoms with Crippen LogP contribution in [0.3, 0.4) is 0 Å². The van der Waals surface area contributed by atoms with E-state index in [9.17, 15) is 9.32 Å². The maximum absolute atomic E-state index is 11.3. The molecule has 4 heteroatoms. The molecule has 2 aliphatic rings. The van der Waals surface area contributed by atoms with Crippen molar-refractivity contribution in [1.82, 2.24) is 5.32 Å². The number of benzene rings is 1. The highest BCUT2D eigenvalue weighted by atomic mass is 32.2. The molecule has 0 spiro atoms. The SMILES string of the molecule is O=S1CCC(NC2CCc3cc(O)ccc32)CC1. The van der Waals surface area contributed by atoms with Gasteiger partial charge < -0.3 is 10.4 Å². The van der Waals surface area contributed by atoms with Crippen LogP contribution < -0.4 is 5.32 Å². The van der Waals surface area contributed by atoms with E-state index in [2.05, 4.69) is 5.32 Å². The number of hydrogen-bond acceptors (Lipinski definition) is 3. The molecule has 1 unspecified atom stereocenters. The third kappa shape index (κ3) is 2.45. The average Bonchev–Trinajstić information content (AvgIpc) is 2.74. The smallest absolute Gasteiger partial charge is 0.115 e. The van der Waals surface area contributed by atoms with Crippen LogP contribution in [0.15, 0.2) is 18.2 Å². The molecule has 0 aromatic heterocycles. The first-order valence-electron chi connectivity index (χ1n) is 6.65. The summed E-state index contributed by atoms with van der Waals surface area (Å²) in [6, 6.07) is 6.61. The topological polar surface area (TPSA) is 49.3 Å². The van der Waals surface area contributed by atoms with Crippen molar-refractivity contribution in [2.75, 3.05) is 11.5 Å². The maximum atomic E-state index is 11.3. The Morgan fingerprint density at radius 3 is 2.78 bits per heavy atom. The highest BCUT2D eigenvalue weighted by Gasteiger charge is 2.26. The molecule has 2 N–H and O–H groups in total. The minimum absolute atomic E-state index is 0.363. The van der Waals surface area contributed by atoms with Crippen molar-refractivity contribution < 1.29 is 9.32 Å². The van der Waals surface area contributed by atoms with Crippen LogP contribution in [0.1, 0.15) is 36.4 Å². The Morgan fingerprint density at radius 2 is 2.00 bits per heavy atom. The number of rotatable bonds is 2. The second-order valence-electron chi connectivity index (χ2n) is 5.26. The molecule has 0 bridgehead atoms. The lowest BCUT2D eigenvalue weighted by atomic mass is 10.1. The van der Waals surface area contributed by atoms with E-state index in [4.69, 9.17) is 0 Å². The summed E-state index contributed by atoms with van der Waals surface area (Å²) < 4.78 is 11.3. The second-order valence-corrected chi connectivity index (χ2v) is 6.96. The molecule has 0 radical (unpaired) electrons. The van der Waals surface area contributed by atoms with Gasteiger partial charge in [-0.1, -0.05) is 6.07 Å². The van der Waals surface area contributed by atoms with E-state index in [0.717, 1.165) is 37.2 Å². The van der Waals surface area contributed by atoms with Gasteiger partial charge in [0, 0.05) is 34.4 Å². The molecule has 0 saturated carbocycles. The first-order chi connectivity index (χ1) is 8.72. The molecule has 3 nitrogen and oxygen atoms in total. The minimum Gasteiger partial charge on any atom is -0.508 e. The Morgan fingerprint density at radius 1 is 1.22 bits per heavy atom. The third-order valence-electron chi connectivity index (χ3n) is 4.03. The fraction of sp³-hybridized carbons (Fsp3) is 0.571. The molecule has 1 heterocycles. The van der Waals surface area contributed by atoms with Crippen LogP contribution >= 0.6 is 0 Å². The fourth-order valence-corrected chi connectivity index (χ4v) is 4.32. The quantitative estimate of drug-likeness (QED) is 0.858. The van der Waals surface area contributed by atoms with E-state index in [-0.39, 0.29) is 0 Å². The van der Waals surface area contributed by atoms with Gasteiger partial charge in [-0.25, -0.2) is 0 Å². The van der Waals surface area contributed by atoms with Crippen molar-refractivity contribution in [1.29, 1.82) is 0 Å². The van der Waals surface area contributed by atoms with Gasteiger partial charge in [-0.3, -0.25) is 4.21 Å². The number of fused-ring (bicyclic) bond motifs is 1. The van der Waals surface area contributed by atoms with Gasteiger partial charge in [0.15, 0.2) is 0 Å². The summed E-state index contributed by atoms with van der Waals surface area (Å²) in [5, 5.41) is 13.2. The predicted octanol–water partition coefficient (Wildman–Crippen LogP) is 1.88. The number of hydrogen-bond donors (Lipinski definition) is 2. The molecule has 1 saturated heterocycles. The van der Waals surface area contributed by atoms with Crippen molar-refractivity contribution in [3.63, 3.8) is 0 Å². The number of nitrogens with one attached hydrogen (secondary N) is 1. The molecule has 3 rings (SSSR count). The number of aryl methyl sites for hydroxylation is 1. The maximum Gasteiger partial charge on any atom is 0.115 e. The Balaban J connectivity index is 1.67. The highest BCUT2D eigenvalue weighted by Crippen LogP contribution is 2.34. The first kappa shape index (κ1) is 12.2. The normalized spacial score (nSPS) is 31.2. The van der Waals surface area contributed by atoms with E-state index >= 15 is 0 Å². The lowest BCUT2D eigenvalue weighted by Crippen LogP contribution is -2.37. The second kappa shape index (κ2) is 5.02. The zero-order valence-corrected chi connectivity index (χ0v) is 11.2. The van der Waals surface area contributed by atoms with Crippen LogP contribution in [0, 0.1) is 0 Å². The Hall–Kier alpha value is -0.870. The van der Waals surface area contributed by atoms with Crippen LogP contribution in [-0.4, -0.2) is 26.9 Å². The Bertz CT molecular complexity index is 465. The van der Waals surface area contributed by atoms with Gasteiger partial charge in [0.05, 0.1) is 0 Å². The van der Waals surface area contributed by atoms with Crippen LogP contribution in [0.4, 0.5) is 0 Å². The van der Waals surface area contributed by atoms with Crippen molar-refractivity contribution >= 4 is 10.8 Å². The molecule has 0 amide bonds. The molecule has 1 aromatic carbocycles. The summed E-state index contributed by atoms with van der Waals surface area (Å²) in [6.45, 7) is 0. The third-order valence-corrected chi connectivity index (χ3v) is 5.41. The van der Waals surface area contributed by atoms with Gasteiger partial charge >= 0.3 is 0 Å². The van der Waals surface area contributed by atoms with Crippen molar-refractivity contribution in [3.8, 4) is 5.75 Å². The molecule has 18 heavy (non-hydrogen) atoms. The minimum atomic E-state index is -0.585. The number of aromatic hydroxyl groups is 1.